The molecule has 1 aliphatic rings. The third kappa shape index (κ3) is 4.08. The Kier molecular flexibility index (Phi) is 5.20. The number of nitro groups is 1. The number of rotatable bonds is 5. The summed E-state index contributed by atoms with van der Waals surface area (Å²) in [5.41, 5.74) is 2.35. The average Bonchev–Trinajstić information content (AvgIpc) is 3.05. The summed E-state index contributed by atoms with van der Waals surface area (Å²) < 4.78 is 0. The van der Waals surface area contributed by atoms with Crippen molar-refractivity contribution < 1.29 is 9.72 Å². The Labute approximate surface area is 154 Å². The molecular formula is C18H15ClN2O3S. The van der Waals surface area contributed by atoms with Gasteiger partial charge in [0, 0.05) is 34.4 Å². The van der Waals surface area contributed by atoms with E-state index >= 15 is 0 Å². The van der Waals surface area contributed by atoms with Gasteiger partial charge in [0.05, 0.1) is 9.97 Å². The fourth-order valence-electron chi connectivity index (χ4n) is 2.64. The second-order valence-corrected chi connectivity index (χ2v) is 7.23. The topological polar surface area (TPSA) is 72.6 Å². The fraction of sp³-hybridized carbons (Fsp3) is 0.222. The molecular weight excluding hydrogens is 360 g/mol. The maximum Gasteiger partial charge on any atom is 0.272 e. The molecule has 0 bridgehead atoms. The third-order valence-corrected chi connectivity index (χ3v) is 5.30. The predicted molar refractivity (Wildman–Crippen MR) is 101 cm³/mol. The van der Waals surface area contributed by atoms with Crippen LogP contribution in [0.25, 0.3) is 0 Å². The number of benzene rings is 2. The molecule has 0 aliphatic carbocycles. The van der Waals surface area contributed by atoms with Crippen LogP contribution in [0, 0.1) is 17.0 Å². The summed E-state index contributed by atoms with van der Waals surface area (Å²) in [4.78, 5) is 27.5. The van der Waals surface area contributed by atoms with Crippen molar-refractivity contribution in [3.63, 3.8) is 0 Å². The van der Waals surface area contributed by atoms with Crippen molar-refractivity contribution in [2.24, 2.45) is 4.99 Å². The summed E-state index contributed by atoms with van der Waals surface area (Å²) in [5, 5.41) is 12.4. The van der Waals surface area contributed by atoms with Crippen molar-refractivity contribution in [3.8, 4) is 0 Å². The quantitative estimate of drug-likeness (QED) is 0.579. The summed E-state index contributed by atoms with van der Waals surface area (Å²) in [5.74, 6) is 0.632. The van der Waals surface area contributed by atoms with Crippen LogP contribution in [0.5, 0.6) is 0 Å². The van der Waals surface area contributed by atoms with Crippen molar-refractivity contribution in [1.82, 2.24) is 0 Å². The second-order valence-electron chi connectivity index (χ2n) is 5.79. The first-order chi connectivity index (χ1) is 11.9. The molecule has 0 radical (unpaired) electrons. The summed E-state index contributed by atoms with van der Waals surface area (Å²) in [6.07, 6.45) is 0.224. The molecule has 0 saturated heterocycles. The van der Waals surface area contributed by atoms with Gasteiger partial charge in [-0.25, -0.2) is 0 Å². The van der Waals surface area contributed by atoms with Gasteiger partial charge in [0.25, 0.3) is 5.69 Å². The van der Waals surface area contributed by atoms with Crippen molar-refractivity contribution in [2.45, 2.75) is 19.4 Å². The Hall–Kier alpha value is -2.18. The number of halogens is 1. The highest BCUT2D eigenvalue weighted by Gasteiger charge is 2.26. The smallest absolute Gasteiger partial charge is 0.272 e. The lowest BCUT2D eigenvalue weighted by atomic mass is 10.0. The van der Waals surface area contributed by atoms with Crippen LogP contribution in [0.2, 0.25) is 5.02 Å². The van der Waals surface area contributed by atoms with Gasteiger partial charge >= 0.3 is 0 Å². The molecule has 1 heterocycles. The lowest BCUT2D eigenvalue weighted by Gasteiger charge is -2.06. The molecule has 3 rings (SSSR count). The van der Waals surface area contributed by atoms with Gasteiger partial charge in [-0.05, 0) is 30.7 Å². The first-order valence-electron chi connectivity index (χ1n) is 7.67. The van der Waals surface area contributed by atoms with E-state index in [1.165, 1.54) is 6.07 Å². The number of aliphatic imine (C=N–C) groups is 1. The number of aryl methyl sites for hydroxylation is 1. The molecule has 1 unspecified atom stereocenters. The predicted octanol–water partition coefficient (Wildman–Crippen LogP) is 4.23. The highest BCUT2D eigenvalue weighted by molar-refractivity contribution is 8.14. The first-order valence-corrected chi connectivity index (χ1v) is 9.03. The van der Waals surface area contributed by atoms with Gasteiger partial charge in [-0.1, -0.05) is 29.8 Å². The highest BCUT2D eigenvalue weighted by Crippen LogP contribution is 2.26. The minimum atomic E-state index is -0.419. The molecule has 25 heavy (non-hydrogen) atoms. The zero-order valence-corrected chi connectivity index (χ0v) is 15.0. The lowest BCUT2D eigenvalue weighted by molar-refractivity contribution is -0.385. The molecule has 7 heteroatoms. The fourth-order valence-corrected chi connectivity index (χ4v) is 3.85. The van der Waals surface area contributed by atoms with Crippen LogP contribution >= 0.6 is 23.4 Å². The minimum absolute atomic E-state index is 0.0183. The molecule has 5 nitrogen and oxygen atoms in total. The zero-order chi connectivity index (χ0) is 18.0. The van der Waals surface area contributed by atoms with Crippen LogP contribution < -0.4 is 0 Å². The Balaban J connectivity index is 1.71. The van der Waals surface area contributed by atoms with Gasteiger partial charge in [-0.2, -0.15) is 0 Å². The summed E-state index contributed by atoms with van der Waals surface area (Å²) in [7, 11) is 0. The summed E-state index contributed by atoms with van der Waals surface area (Å²) in [6.45, 7) is 1.67. The number of carbonyl (C=O) groups excluding carboxylic acids is 1. The standard InChI is InChI=1S/C18H15ClN2O3S/c1-11-8-12(2-7-16(11)21(23)24)9-17(22)15-10-25-18(20-15)13-3-5-14(19)6-4-13/h2-8,15H,9-10H2,1H3. The third-order valence-electron chi connectivity index (χ3n) is 3.95. The van der Waals surface area contributed by atoms with Gasteiger partial charge in [0.15, 0.2) is 5.78 Å². The number of Topliss-reactive ketones (excluding diaryl/α,β-unsaturated/α-hetero) is 1. The SMILES string of the molecule is Cc1cc(CC(=O)C2CSC(c3ccc(Cl)cc3)=N2)ccc1[N+](=O)[O-]. The molecule has 1 atom stereocenters. The van der Waals surface area contributed by atoms with E-state index in [2.05, 4.69) is 4.99 Å². The highest BCUT2D eigenvalue weighted by atomic mass is 35.5. The van der Waals surface area contributed by atoms with Gasteiger partial charge in [-0.3, -0.25) is 19.9 Å². The second kappa shape index (κ2) is 7.37. The number of carbonyl (C=O) groups is 1. The van der Waals surface area contributed by atoms with Gasteiger partial charge in [0.1, 0.15) is 6.04 Å². The minimum Gasteiger partial charge on any atom is -0.297 e. The van der Waals surface area contributed by atoms with E-state index in [1.807, 2.05) is 12.1 Å². The van der Waals surface area contributed by atoms with Gasteiger partial charge in [0.2, 0.25) is 0 Å². The van der Waals surface area contributed by atoms with Crippen LogP contribution in [-0.2, 0) is 11.2 Å². The van der Waals surface area contributed by atoms with Crippen LogP contribution in [0.1, 0.15) is 16.7 Å². The molecule has 2 aromatic rings. The van der Waals surface area contributed by atoms with Crippen molar-refractivity contribution >= 4 is 39.9 Å². The van der Waals surface area contributed by atoms with E-state index in [9.17, 15) is 14.9 Å². The lowest BCUT2D eigenvalue weighted by Crippen LogP contribution is -2.20. The maximum atomic E-state index is 12.5. The zero-order valence-electron chi connectivity index (χ0n) is 13.4. The van der Waals surface area contributed by atoms with Crippen molar-refractivity contribution in [2.75, 3.05) is 5.75 Å². The molecule has 0 aromatic heterocycles. The van der Waals surface area contributed by atoms with Crippen LogP contribution in [-0.4, -0.2) is 27.5 Å². The Morgan fingerprint density at radius 1 is 1.32 bits per heavy atom. The summed E-state index contributed by atoms with van der Waals surface area (Å²) >= 11 is 7.44. The molecule has 1 aliphatic heterocycles. The van der Waals surface area contributed by atoms with E-state index < -0.39 is 4.92 Å². The number of thioether (sulfide) groups is 1. The normalized spacial score (nSPS) is 16.6. The maximum absolute atomic E-state index is 12.5. The molecule has 0 fully saturated rings. The first kappa shape index (κ1) is 17.6. The van der Waals surface area contributed by atoms with Gasteiger partial charge in [-0.15, -0.1) is 11.8 Å². The Morgan fingerprint density at radius 3 is 2.68 bits per heavy atom. The van der Waals surface area contributed by atoms with Crippen molar-refractivity contribution in [3.05, 3.63) is 74.3 Å². The summed E-state index contributed by atoms with van der Waals surface area (Å²) in [6, 6.07) is 11.8. The van der Waals surface area contributed by atoms with Crippen LogP contribution in [0.3, 0.4) is 0 Å². The molecule has 128 valence electrons. The van der Waals surface area contributed by atoms with E-state index in [4.69, 9.17) is 11.6 Å². The van der Waals surface area contributed by atoms with Crippen LogP contribution in [0.15, 0.2) is 47.5 Å². The molecule has 0 amide bonds. The number of hydrogen-bond donors (Lipinski definition) is 0. The largest absolute Gasteiger partial charge is 0.297 e. The van der Waals surface area contributed by atoms with E-state index in [0.29, 0.717) is 16.3 Å². The van der Waals surface area contributed by atoms with E-state index in [0.717, 1.165) is 16.2 Å². The van der Waals surface area contributed by atoms with Crippen LogP contribution in [0.4, 0.5) is 5.69 Å². The van der Waals surface area contributed by atoms with E-state index in [1.54, 1.807) is 43.0 Å². The number of ketones is 1. The Morgan fingerprint density at radius 2 is 2.04 bits per heavy atom. The van der Waals surface area contributed by atoms with Crippen molar-refractivity contribution in [1.29, 1.82) is 0 Å². The number of nitro benzene ring substituents is 1. The number of nitrogens with zero attached hydrogens (tertiary/aromatic N) is 2. The molecule has 0 spiro atoms. The molecule has 0 N–H and O–H groups in total. The average molecular weight is 375 g/mol. The van der Waals surface area contributed by atoms with E-state index in [-0.39, 0.29) is 23.9 Å². The van der Waals surface area contributed by atoms with Gasteiger partial charge < -0.3 is 0 Å². The Bertz CT molecular complexity index is 865. The molecule has 0 saturated carbocycles. The number of hydrogen-bond acceptors (Lipinski definition) is 5. The monoisotopic (exact) mass is 374 g/mol. The molecule has 2 aromatic carbocycles.